The van der Waals surface area contributed by atoms with Gasteiger partial charge in [0.1, 0.15) is 0 Å². The van der Waals surface area contributed by atoms with Gasteiger partial charge in [0.15, 0.2) is 0 Å². The van der Waals surface area contributed by atoms with E-state index < -0.39 is 24.0 Å². The zero-order valence-corrected chi connectivity index (χ0v) is 12.2. The molecule has 0 aliphatic rings. The van der Waals surface area contributed by atoms with E-state index in [1.165, 1.54) is 12.1 Å². The van der Waals surface area contributed by atoms with E-state index in [2.05, 4.69) is 4.74 Å². The zero-order valence-electron chi connectivity index (χ0n) is 9.04. The number of halogens is 3. The van der Waals surface area contributed by atoms with Gasteiger partial charge in [-0.2, -0.15) is 0 Å². The van der Waals surface area contributed by atoms with Gasteiger partial charge >= 0.3 is 64.3 Å². The van der Waals surface area contributed by atoms with Gasteiger partial charge in [0.25, 0.3) is 0 Å². The summed E-state index contributed by atoms with van der Waals surface area (Å²) in [6, 6.07) is 4.61. The summed E-state index contributed by atoms with van der Waals surface area (Å²) in [6.45, 7) is -3.59. The van der Waals surface area contributed by atoms with E-state index in [1.54, 1.807) is 6.92 Å². The maximum absolute atomic E-state index is 12.5. The molecule has 1 aromatic rings. The molecule has 0 aromatic heterocycles. The monoisotopic (exact) mass is 256 g/mol. The van der Waals surface area contributed by atoms with Crippen molar-refractivity contribution in [3.63, 3.8) is 0 Å². The van der Waals surface area contributed by atoms with Gasteiger partial charge in [-0.1, -0.05) is 29.7 Å². The van der Waals surface area contributed by atoms with Crippen molar-refractivity contribution in [3.8, 4) is 0 Å². The molecular formula is C9H9BF3KO2. The number of ether oxygens (including phenoxy) is 1. The van der Waals surface area contributed by atoms with Gasteiger partial charge in [0.2, 0.25) is 0 Å². The van der Waals surface area contributed by atoms with Crippen molar-refractivity contribution in [2.24, 2.45) is 0 Å². The molecule has 82 valence electrons. The molecule has 2 nitrogen and oxygen atoms in total. The summed E-state index contributed by atoms with van der Waals surface area (Å²) in [5.74, 6) is -0.938. The third kappa shape index (κ3) is 4.21. The summed E-state index contributed by atoms with van der Waals surface area (Å²) in [5.41, 5.74) is -1.33. The molecule has 0 amide bonds. The summed E-state index contributed by atoms with van der Waals surface area (Å²) in [7, 11) is 0. The molecule has 1 rings (SSSR count). The summed E-state index contributed by atoms with van der Waals surface area (Å²) in [4.78, 5) is 11.2. The van der Waals surface area contributed by atoms with E-state index in [1.807, 2.05) is 0 Å². The van der Waals surface area contributed by atoms with Crippen LogP contribution < -0.4 is 56.8 Å². The Morgan fingerprint density at radius 2 is 1.88 bits per heavy atom. The van der Waals surface area contributed by atoms with Crippen LogP contribution in [0, 0.1) is 0 Å². The van der Waals surface area contributed by atoms with Crippen LogP contribution in [0.25, 0.3) is 0 Å². The van der Waals surface area contributed by atoms with Crippen molar-refractivity contribution in [2.45, 2.75) is 6.92 Å². The topological polar surface area (TPSA) is 26.3 Å². The van der Waals surface area contributed by atoms with Gasteiger partial charge in [-0.05, 0) is 6.92 Å². The van der Waals surface area contributed by atoms with Gasteiger partial charge in [0, 0.05) is 5.56 Å². The second kappa shape index (κ2) is 6.81. The first-order valence-electron chi connectivity index (χ1n) is 4.42. The molecule has 0 saturated carbocycles. The summed E-state index contributed by atoms with van der Waals surface area (Å²) >= 11 is 0. The number of rotatable bonds is 3. The summed E-state index contributed by atoms with van der Waals surface area (Å²) < 4.78 is 42.0. The van der Waals surface area contributed by atoms with Crippen LogP contribution in [0.4, 0.5) is 12.9 Å². The minimum Gasteiger partial charge on any atom is -0.462 e. The molecule has 1 aromatic carbocycles. The quantitative estimate of drug-likeness (QED) is 0.508. The fraction of sp³-hybridized carbons (Fsp3) is 0.222. The fourth-order valence-electron chi connectivity index (χ4n) is 1.18. The molecule has 0 N–H and O–H groups in total. The molecule has 7 heteroatoms. The van der Waals surface area contributed by atoms with Gasteiger partial charge in [0.05, 0.1) is 6.61 Å². The molecule has 0 heterocycles. The van der Waals surface area contributed by atoms with Gasteiger partial charge in [-0.15, -0.1) is 0 Å². The normalized spacial score (nSPS) is 10.5. The Hall–Kier alpha value is 0.181. The van der Waals surface area contributed by atoms with Gasteiger partial charge in [-0.25, -0.2) is 4.79 Å². The number of hydrogen-bond donors (Lipinski definition) is 0. The second-order valence-corrected chi connectivity index (χ2v) is 2.88. The number of carbonyl (C=O) groups excluding carboxylic acids is 1. The van der Waals surface area contributed by atoms with E-state index in [4.69, 9.17) is 0 Å². The van der Waals surface area contributed by atoms with Crippen LogP contribution in [0.1, 0.15) is 17.3 Å². The van der Waals surface area contributed by atoms with Gasteiger partial charge in [-0.3, -0.25) is 0 Å². The maximum Gasteiger partial charge on any atom is 1.00 e. The Balaban J connectivity index is 0.00000225. The Labute approximate surface area is 134 Å². The summed E-state index contributed by atoms with van der Waals surface area (Å²) in [5, 5.41) is 0. The molecule has 0 atom stereocenters. The van der Waals surface area contributed by atoms with Gasteiger partial charge < -0.3 is 17.7 Å². The Morgan fingerprint density at radius 1 is 1.31 bits per heavy atom. The molecule has 16 heavy (non-hydrogen) atoms. The first-order valence-corrected chi connectivity index (χ1v) is 4.42. The number of carbonyl (C=O) groups is 1. The molecule has 0 radical (unpaired) electrons. The van der Waals surface area contributed by atoms with Crippen LogP contribution in [0.5, 0.6) is 0 Å². The SMILES string of the molecule is CCOC(=O)c1ccccc1[B-](F)(F)F.[K+]. The summed E-state index contributed by atoms with van der Waals surface area (Å²) in [6.07, 6.45) is 0. The van der Waals surface area contributed by atoms with E-state index in [-0.39, 0.29) is 58.0 Å². The number of hydrogen-bond acceptors (Lipinski definition) is 2. The van der Waals surface area contributed by atoms with E-state index in [9.17, 15) is 17.7 Å². The molecule has 0 unspecified atom stereocenters. The third-order valence-corrected chi connectivity index (χ3v) is 1.81. The average Bonchev–Trinajstić information content (AvgIpc) is 2.17. The van der Waals surface area contributed by atoms with E-state index in [0.29, 0.717) is 0 Å². The van der Waals surface area contributed by atoms with Crippen LogP contribution in [0.3, 0.4) is 0 Å². The Kier molecular flexibility index (Phi) is 6.88. The van der Waals surface area contributed by atoms with Crippen LogP contribution in [0.15, 0.2) is 24.3 Å². The van der Waals surface area contributed by atoms with E-state index >= 15 is 0 Å². The van der Waals surface area contributed by atoms with Crippen molar-refractivity contribution in [1.29, 1.82) is 0 Å². The Bertz CT molecular complexity index is 368. The van der Waals surface area contributed by atoms with Crippen molar-refractivity contribution in [1.82, 2.24) is 0 Å². The van der Waals surface area contributed by atoms with Crippen molar-refractivity contribution in [2.75, 3.05) is 6.61 Å². The molecule has 0 aliphatic heterocycles. The second-order valence-electron chi connectivity index (χ2n) is 2.88. The standard InChI is InChI=1S/C9H9BF3O2.K/c1-2-15-9(14)7-5-3-4-6-8(7)10(11,12)13;/h3-6H,2H2,1H3;/q-1;+1. The predicted molar refractivity (Wildman–Crippen MR) is 51.1 cm³/mol. The molecule has 0 aliphatic carbocycles. The number of benzene rings is 1. The maximum atomic E-state index is 12.5. The first kappa shape index (κ1) is 16.2. The van der Waals surface area contributed by atoms with Crippen LogP contribution in [0.2, 0.25) is 0 Å². The van der Waals surface area contributed by atoms with Crippen molar-refractivity contribution < 1.29 is 73.9 Å². The van der Waals surface area contributed by atoms with Crippen LogP contribution in [-0.4, -0.2) is 19.6 Å². The molecule has 0 saturated heterocycles. The minimum atomic E-state index is -5.18. The fourth-order valence-corrected chi connectivity index (χ4v) is 1.18. The van der Waals surface area contributed by atoms with Crippen molar-refractivity contribution in [3.05, 3.63) is 29.8 Å². The average molecular weight is 256 g/mol. The smallest absolute Gasteiger partial charge is 0.462 e. The molecular weight excluding hydrogens is 247 g/mol. The number of esters is 1. The van der Waals surface area contributed by atoms with E-state index in [0.717, 1.165) is 12.1 Å². The molecule has 0 spiro atoms. The third-order valence-electron chi connectivity index (χ3n) is 1.81. The first-order chi connectivity index (χ1) is 6.96. The zero-order chi connectivity index (χ0) is 11.5. The minimum absolute atomic E-state index is 0. The van der Waals surface area contributed by atoms with Crippen molar-refractivity contribution >= 4 is 18.4 Å². The Morgan fingerprint density at radius 3 is 2.38 bits per heavy atom. The molecule has 0 fully saturated rings. The predicted octanol–water partition coefficient (Wildman–Crippen LogP) is -1.08. The van der Waals surface area contributed by atoms with Crippen LogP contribution >= 0.6 is 0 Å². The molecule has 0 bridgehead atoms. The van der Waals surface area contributed by atoms with Crippen LogP contribution in [-0.2, 0) is 4.74 Å². The largest absolute Gasteiger partial charge is 1.00 e.